The molecule has 3 aromatic rings. The van der Waals surface area contributed by atoms with Crippen LogP contribution >= 0.6 is 0 Å². The number of halogens is 1. The van der Waals surface area contributed by atoms with Crippen molar-refractivity contribution in [3.05, 3.63) is 101 Å². The number of carbonyl (C=O) groups is 2. The third-order valence-corrected chi connectivity index (χ3v) is 5.06. The molecule has 0 aliphatic carbocycles. The van der Waals surface area contributed by atoms with Crippen LogP contribution < -0.4 is 20.3 Å². The van der Waals surface area contributed by atoms with E-state index in [9.17, 15) is 14.0 Å². The van der Waals surface area contributed by atoms with E-state index in [1.807, 2.05) is 0 Å². The van der Waals surface area contributed by atoms with Crippen LogP contribution in [0.3, 0.4) is 0 Å². The lowest BCUT2D eigenvalue weighted by molar-refractivity contribution is -0.124. The summed E-state index contributed by atoms with van der Waals surface area (Å²) in [6, 6.07) is 18.3. The van der Waals surface area contributed by atoms with Crippen LogP contribution in [-0.4, -0.2) is 31.2 Å². The largest absolute Gasteiger partial charge is 0.497 e. The second-order valence-corrected chi connectivity index (χ2v) is 7.42. The van der Waals surface area contributed by atoms with Gasteiger partial charge >= 0.3 is 0 Å². The predicted molar refractivity (Wildman–Crippen MR) is 131 cm³/mol. The zero-order valence-corrected chi connectivity index (χ0v) is 19.2. The highest BCUT2D eigenvalue weighted by atomic mass is 19.1. The number of methoxy groups -OCH3 is 2. The van der Waals surface area contributed by atoms with E-state index >= 15 is 0 Å². The van der Waals surface area contributed by atoms with Gasteiger partial charge in [-0.1, -0.05) is 42.5 Å². The molecular formula is C27H25FN2O5. The molecule has 180 valence electrons. The zero-order valence-electron chi connectivity index (χ0n) is 19.2. The number of carbonyl (C=O) groups excluding carboxylic acids is 2. The van der Waals surface area contributed by atoms with Crippen molar-refractivity contribution < 1.29 is 28.7 Å². The molecule has 35 heavy (non-hydrogen) atoms. The Labute approximate surface area is 202 Å². The molecule has 0 aliphatic heterocycles. The van der Waals surface area contributed by atoms with Gasteiger partial charge in [-0.15, -0.1) is 0 Å². The molecule has 0 aromatic heterocycles. The monoisotopic (exact) mass is 476 g/mol. The average Bonchev–Trinajstić information content (AvgIpc) is 2.89. The lowest BCUT2D eigenvalue weighted by atomic mass is 10.0. The van der Waals surface area contributed by atoms with Crippen LogP contribution in [0, 0.1) is 5.82 Å². The number of hydroxylamine groups is 1. The van der Waals surface area contributed by atoms with E-state index in [-0.39, 0.29) is 17.7 Å². The molecule has 0 radical (unpaired) electrons. The summed E-state index contributed by atoms with van der Waals surface area (Å²) < 4.78 is 25.2. The Balaban J connectivity index is 1.85. The maximum Gasteiger partial charge on any atom is 0.267 e. The first-order chi connectivity index (χ1) is 16.9. The van der Waals surface area contributed by atoms with E-state index in [0.717, 1.165) is 11.1 Å². The topological polar surface area (TPSA) is 96.9 Å². The van der Waals surface area contributed by atoms with E-state index in [4.69, 9.17) is 14.7 Å². The summed E-state index contributed by atoms with van der Waals surface area (Å²) in [6.45, 7) is 0.202. The van der Waals surface area contributed by atoms with Gasteiger partial charge < -0.3 is 14.8 Å². The standard InChI is InChI=1S/C27H25FN2O5/c1-34-21-13-20(14-22(16-21)35-2)15-24(23-5-3-4-6-25(23)28)27(32)29-17-19-9-7-18(8-10-19)11-12-26(31)30-33/h3-16,33H,17H2,1-2H3,(H,29,32)(H,30,31). The van der Waals surface area contributed by atoms with Crippen LogP contribution in [0.15, 0.2) is 72.8 Å². The Hall–Kier alpha value is -4.43. The molecule has 7 nitrogen and oxygen atoms in total. The minimum Gasteiger partial charge on any atom is -0.497 e. The highest BCUT2D eigenvalue weighted by Gasteiger charge is 2.16. The van der Waals surface area contributed by atoms with Crippen molar-refractivity contribution >= 4 is 29.5 Å². The molecule has 0 aliphatic rings. The normalized spacial score (nSPS) is 11.3. The average molecular weight is 477 g/mol. The molecule has 0 bridgehead atoms. The van der Waals surface area contributed by atoms with Crippen molar-refractivity contribution in [2.24, 2.45) is 0 Å². The molecule has 0 atom stereocenters. The number of amides is 2. The lowest BCUT2D eigenvalue weighted by Crippen LogP contribution is -2.24. The van der Waals surface area contributed by atoms with Crippen molar-refractivity contribution in [1.82, 2.24) is 10.8 Å². The quantitative estimate of drug-likeness (QED) is 0.186. The number of hydrogen-bond acceptors (Lipinski definition) is 5. The minimum atomic E-state index is -0.637. The van der Waals surface area contributed by atoms with E-state index in [0.29, 0.717) is 17.1 Å². The SMILES string of the molecule is COc1cc(C=C(C(=O)NCc2ccc(C=CC(=O)NO)cc2)c2ccccc2F)cc(OC)c1. The summed E-state index contributed by atoms with van der Waals surface area (Å²) in [5.41, 5.74) is 3.98. The zero-order chi connectivity index (χ0) is 25.2. The first kappa shape index (κ1) is 25.2. The molecule has 0 unspecified atom stereocenters. The molecule has 2 amide bonds. The van der Waals surface area contributed by atoms with Crippen LogP contribution in [0.4, 0.5) is 4.39 Å². The fraction of sp³-hybridized carbons (Fsp3) is 0.111. The molecule has 0 heterocycles. The Bertz CT molecular complexity index is 1230. The first-order valence-electron chi connectivity index (χ1n) is 10.6. The lowest BCUT2D eigenvalue weighted by Gasteiger charge is -2.12. The molecule has 3 N–H and O–H groups in total. The van der Waals surface area contributed by atoms with Crippen molar-refractivity contribution in [3.63, 3.8) is 0 Å². The van der Waals surface area contributed by atoms with Gasteiger partial charge in [-0.2, -0.15) is 0 Å². The summed E-state index contributed by atoms with van der Waals surface area (Å²) in [7, 11) is 3.05. The van der Waals surface area contributed by atoms with Gasteiger partial charge in [-0.05, 0) is 47.0 Å². The van der Waals surface area contributed by atoms with Crippen LogP contribution in [0.5, 0.6) is 11.5 Å². The fourth-order valence-electron chi connectivity index (χ4n) is 3.26. The minimum absolute atomic E-state index is 0.146. The van der Waals surface area contributed by atoms with Crippen molar-refractivity contribution in [2.45, 2.75) is 6.54 Å². The third-order valence-electron chi connectivity index (χ3n) is 5.06. The van der Waals surface area contributed by atoms with Gasteiger partial charge in [0, 0.05) is 24.3 Å². The molecule has 3 aromatic carbocycles. The second kappa shape index (κ2) is 12.2. The molecule has 0 saturated carbocycles. The Kier molecular flexibility index (Phi) is 8.75. The number of hydrogen-bond donors (Lipinski definition) is 3. The Morgan fingerprint density at radius 3 is 2.20 bits per heavy atom. The maximum absolute atomic E-state index is 14.6. The third kappa shape index (κ3) is 7.02. The highest BCUT2D eigenvalue weighted by molar-refractivity contribution is 6.24. The first-order valence-corrected chi connectivity index (χ1v) is 10.6. The molecule has 0 spiro atoms. The van der Waals surface area contributed by atoms with Crippen molar-refractivity contribution in [2.75, 3.05) is 14.2 Å². The van der Waals surface area contributed by atoms with Gasteiger partial charge in [0.1, 0.15) is 17.3 Å². The van der Waals surface area contributed by atoms with E-state index < -0.39 is 17.6 Å². The van der Waals surface area contributed by atoms with Gasteiger partial charge in [0.25, 0.3) is 11.8 Å². The molecule has 3 rings (SSSR count). The smallest absolute Gasteiger partial charge is 0.267 e. The summed E-state index contributed by atoms with van der Waals surface area (Å²) in [4.78, 5) is 24.3. The maximum atomic E-state index is 14.6. The highest BCUT2D eigenvalue weighted by Crippen LogP contribution is 2.27. The van der Waals surface area contributed by atoms with Crippen molar-refractivity contribution in [3.8, 4) is 11.5 Å². The molecule has 0 fully saturated rings. The number of ether oxygens (including phenoxy) is 2. The summed E-state index contributed by atoms with van der Waals surface area (Å²) in [6.07, 6.45) is 4.31. The number of nitrogens with one attached hydrogen (secondary N) is 2. The van der Waals surface area contributed by atoms with E-state index in [2.05, 4.69) is 5.32 Å². The summed E-state index contributed by atoms with van der Waals surface area (Å²) in [5.74, 6) is -0.543. The van der Waals surface area contributed by atoms with E-state index in [1.54, 1.807) is 66.7 Å². The predicted octanol–water partition coefficient (Wildman–Crippen LogP) is 4.22. The molecular weight excluding hydrogens is 451 g/mol. The van der Waals surface area contributed by atoms with Crippen LogP contribution in [0.25, 0.3) is 17.7 Å². The van der Waals surface area contributed by atoms with E-state index in [1.165, 1.54) is 37.9 Å². The molecule has 0 saturated heterocycles. The van der Waals surface area contributed by atoms with Gasteiger partial charge in [0.2, 0.25) is 0 Å². The van der Waals surface area contributed by atoms with Crippen LogP contribution in [-0.2, 0) is 16.1 Å². The Morgan fingerprint density at radius 2 is 1.60 bits per heavy atom. The van der Waals surface area contributed by atoms with Crippen molar-refractivity contribution in [1.29, 1.82) is 0 Å². The summed E-state index contributed by atoms with van der Waals surface area (Å²) >= 11 is 0. The van der Waals surface area contributed by atoms with Gasteiger partial charge in [0.15, 0.2) is 0 Å². The number of rotatable bonds is 9. The Morgan fingerprint density at radius 1 is 0.943 bits per heavy atom. The van der Waals surface area contributed by atoms with Gasteiger partial charge in [0.05, 0.1) is 19.8 Å². The van der Waals surface area contributed by atoms with Gasteiger partial charge in [-0.3, -0.25) is 14.8 Å². The molecule has 8 heteroatoms. The fourth-order valence-corrected chi connectivity index (χ4v) is 3.26. The number of benzene rings is 3. The summed E-state index contributed by atoms with van der Waals surface area (Å²) in [5, 5.41) is 11.4. The van der Waals surface area contributed by atoms with Crippen LogP contribution in [0.1, 0.15) is 22.3 Å². The second-order valence-electron chi connectivity index (χ2n) is 7.42. The van der Waals surface area contributed by atoms with Crippen LogP contribution in [0.2, 0.25) is 0 Å². The van der Waals surface area contributed by atoms with Gasteiger partial charge in [-0.25, -0.2) is 9.87 Å².